The summed E-state index contributed by atoms with van der Waals surface area (Å²) >= 11 is 0. The largest absolute Gasteiger partial charge is 0.444 e. The van der Waals surface area contributed by atoms with Crippen LogP contribution in [0.4, 0.5) is 4.79 Å². The van der Waals surface area contributed by atoms with Crippen molar-refractivity contribution in [2.45, 2.75) is 64.5 Å². The number of nitrogens with zero attached hydrogens (tertiary/aromatic N) is 2. The predicted octanol–water partition coefficient (Wildman–Crippen LogP) is 1.81. The van der Waals surface area contributed by atoms with Crippen LogP contribution in [0.3, 0.4) is 0 Å². The van der Waals surface area contributed by atoms with Gasteiger partial charge in [-0.15, -0.1) is 0 Å². The molecule has 3 aliphatic heterocycles. The zero-order valence-corrected chi connectivity index (χ0v) is 19.0. The molecule has 2 fully saturated rings. The average Bonchev–Trinajstić information content (AvgIpc) is 3.35. The maximum absolute atomic E-state index is 13.1. The number of nitrogens with one attached hydrogen (secondary N) is 1. The maximum Gasteiger partial charge on any atom is 0.410 e. The Hall–Kier alpha value is -3.23. The van der Waals surface area contributed by atoms with Crippen LogP contribution in [-0.2, 0) is 27.2 Å². The summed E-state index contributed by atoms with van der Waals surface area (Å²) in [6.07, 6.45) is 2.18. The molecule has 4 aliphatic rings. The summed E-state index contributed by atoms with van der Waals surface area (Å²) in [7, 11) is 0. The quantitative estimate of drug-likeness (QED) is 0.649. The van der Waals surface area contributed by atoms with Crippen LogP contribution >= 0.6 is 0 Å². The molecule has 5 amide bonds. The number of imide groups is 2. The predicted molar refractivity (Wildman–Crippen MR) is 115 cm³/mol. The van der Waals surface area contributed by atoms with Crippen LogP contribution in [0.5, 0.6) is 0 Å². The third-order valence-electron chi connectivity index (χ3n) is 6.98. The molecule has 33 heavy (non-hydrogen) atoms. The van der Waals surface area contributed by atoms with Gasteiger partial charge in [0, 0.05) is 19.5 Å². The van der Waals surface area contributed by atoms with Crippen LogP contribution in [-0.4, -0.2) is 64.3 Å². The Morgan fingerprint density at radius 1 is 1.06 bits per heavy atom. The first kappa shape index (κ1) is 21.6. The van der Waals surface area contributed by atoms with Crippen LogP contribution in [0.2, 0.25) is 0 Å². The Balaban J connectivity index is 1.35. The van der Waals surface area contributed by atoms with E-state index in [1.54, 1.807) is 17.0 Å². The molecule has 3 heterocycles. The number of ether oxygens (including phenoxy) is 1. The Bertz CT molecular complexity index is 1070. The van der Waals surface area contributed by atoms with E-state index in [4.69, 9.17) is 4.74 Å². The summed E-state index contributed by atoms with van der Waals surface area (Å²) in [5, 5.41) is 2.21. The van der Waals surface area contributed by atoms with Crippen molar-refractivity contribution in [3.8, 4) is 0 Å². The van der Waals surface area contributed by atoms with E-state index in [1.165, 1.54) is 0 Å². The number of fused-ring (bicyclic) bond motifs is 2. The molecule has 1 aromatic rings. The lowest BCUT2D eigenvalue weighted by Gasteiger charge is -2.27. The summed E-state index contributed by atoms with van der Waals surface area (Å²) in [4.78, 5) is 65.1. The van der Waals surface area contributed by atoms with Gasteiger partial charge in [0.15, 0.2) is 0 Å². The van der Waals surface area contributed by atoms with Gasteiger partial charge in [-0.05, 0) is 75.1 Å². The minimum absolute atomic E-state index is 0.0942. The minimum atomic E-state index is -0.964. The van der Waals surface area contributed by atoms with Crippen molar-refractivity contribution in [1.29, 1.82) is 0 Å². The monoisotopic (exact) mass is 453 g/mol. The number of carbonyl (C=O) groups is 5. The molecule has 9 nitrogen and oxygen atoms in total. The molecule has 0 bridgehead atoms. The Morgan fingerprint density at radius 3 is 2.21 bits per heavy atom. The van der Waals surface area contributed by atoms with Gasteiger partial charge in [0.1, 0.15) is 11.6 Å². The number of rotatable bonds is 1. The van der Waals surface area contributed by atoms with E-state index >= 15 is 0 Å². The van der Waals surface area contributed by atoms with E-state index in [0.29, 0.717) is 24.2 Å². The molecule has 2 saturated heterocycles. The van der Waals surface area contributed by atoms with E-state index in [-0.39, 0.29) is 24.3 Å². The van der Waals surface area contributed by atoms with Crippen molar-refractivity contribution in [1.82, 2.24) is 15.1 Å². The third-order valence-corrected chi connectivity index (χ3v) is 6.98. The fourth-order valence-electron chi connectivity index (χ4n) is 5.51. The van der Waals surface area contributed by atoms with Crippen LogP contribution < -0.4 is 5.32 Å². The van der Waals surface area contributed by atoms with Crippen molar-refractivity contribution in [3.63, 3.8) is 0 Å². The zero-order chi connectivity index (χ0) is 23.7. The second kappa shape index (κ2) is 7.13. The highest BCUT2D eigenvalue weighted by molar-refractivity contribution is 6.23. The average molecular weight is 453 g/mol. The van der Waals surface area contributed by atoms with E-state index in [2.05, 4.69) is 5.32 Å². The van der Waals surface area contributed by atoms with Gasteiger partial charge in [0.05, 0.1) is 11.1 Å². The second-order valence-corrected chi connectivity index (χ2v) is 10.6. The third kappa shape index (κ3) is 3.59. The van der Waals surface area contributed by atoms with Crippen LogP contribution in [0.25, 0.3) is 0 Å². The lowest BCUT2D eigenvalue weighted by atomic mass is 9.84. The van der Waals surface area contributed by atoms with Gasteiger partial charge >= 0.3 is 6.09 Å². The smallest absolute Gasteiger partial charge is 0.410 e. The van der Waals surface area contributed by atoms with Crippen LogP contribution in [0, 0.1) is 5.41 Å². The number of carbonyl (C=O) groups excluding carboxylic acids is 5. The van der Waals surface area contributed by atoms with E-state index < -0.39 is 35.3 Å². The van der Waals surface area contributed by atoms with Crippen LogP contribution in [0.1, 0.15) is 71.9 Å². The molecule has 1 atom stereocenters. The van der Waals surface area contributed by atoms with Crippen molar-refractivity contribution in [3.05, 3.63) is 34.4 Å². The standard InChI is InChI=1S/C24H27N3O6/c1-23(2,3)33-22(32)26-7-6-24(12-26)10-13-8-15-16(9-14(13)11-24)21(31)27(20(15)30)17-4-5-18(28)25-19(17)29/h8-9,17H,4-7,10-12H2,1-3H3,(H,25,28,29). The zero-order valence-electron chi connectivity index (χ0n) is 19.0. The van der Waals surface area contributed by atoms with Gasteiger partial charge in [0.2, 0.25) is 11.8 Å². The summed E-state index contributed by atoms with van der Waals surface area (Å²) in [5.41, 5.74) is 1.95. The Morgan fingerprint density at radius 2 is 1.67 bits per heavy atom. The summed E-state index contributed by atoms with van der Waals surface area (Å²) in [5.74, 6) is -1.99. The van der Waals surface area contributed by atoms with Gasteiger partial charge in [0.25, 0.3) is 11.8 Å². The van der Waals surface area contributed by atoms with Crippen molar-refractivity contribution < 1.29 is 28.7 Å². The molecule has 174 valence electrons. The van der Waals surface area contributed by atoms with Gasteiger partial charge in [-0.1, -0.05) is 0 Å². The van der Waals surface area contributed by atoms with E-state index in [1.807, 2.05) is 20.8 Å². The highest BCUT2D eigenvalue weighted by Crippen LogP contribution is 2.45. The number of hydrogen-bond donors (Lipinski definition) is 1. The van der Waals surface area contributed by atoms with E-state index in [9.17, 15) is 24.0 Å². The fraction of sp³-hybridized carbons (Fsp3) is 0.542. The second-order valence-electron chi connectivity index (χ2n) is 10.6. The van der Waals surface area contributed by atoms with Gasteiger partial charge < -0.3 is 9.64 Å². The van der Waals surface area contributed by atoms with Crippen molar-refractivity contribution >= 4 is 29.7 Å². The van der Waals surface area contributed by atoms with Gasteiger partial charge in [-0.3, -0.25) is 29.4 Å². The highest BCUT2D eigenvalue weighted by Gasteiger charge is 2.48. The molecular formula is C24H27N3O6. The lowest BCUT2D eigenvalue weighted by Crippen LogP contribution is -2.54. The molecule has 9 heteroatoms. The molecule has 1 aliphatic carbocycles. The highest BCUT2D eigenvalue weighted by atomic mass is 16.6. The van der Waals surface area contributed by atoms with Gasteiger partial charge in [-0.25, -0.2) is 4.79 Å². The molecular weight excluding hydrogens is 426 g/mol. The lowest BCUT2D eigenvalue weighted by molar-refractivity contribution is -0.136. The molecule has 1 unspecified atom stereocenters. The molecule has 0 radical (unpaired) electrons. The maximum atomic E-state index is 13.1. The molecule has 0 aromatic heterocycles. The molecule has 0 saturated carbocycles. The normalized spacial score (nSPS) is 23.8. The Kier molecular flexibility index (Phi) is 4.67. The molecule has 1 N–H and O–H groups in total. The number of likely N-dealkylation sites (tertiary alicyclic amines) is 1. The first-order valence-corrected chi connectivity index (χ1v) is 11.3. The molecule has 5 rings (SSSR count). The van der Waals surface area contributed by atoms with Gasteiger partial charge in [-0.2, -0.15) is 0 Å². The Labute approximate surface area is 191 Å². The molecule has 1 spiro atoms. The topological polar surface area (TPSA) is 113 Å². The summed E-state index contributed by atoms with van der Waals surface area (Å²) in [6, 6.07) is 2.59. The first-order chi connectivity index (χ1) is 15.5. The minimum Gasteiger partial charge on any atom is -0.444 e. The summed E-state index contributed by atoms with van der Waals surface area (Å²) < 4.78 is 5.52. The van der Waals surface area contributed by atoms with Crippen LogP contribution in [0.15, 0.2) is 12.1 Å². The summed E-state index contributed by atoms with van der Waals surface area (Å²) in [6.45, 7) is 6.72. The number of benzene rings is 1. The first-order valence-electron chi connectivity index (χ1n) is 11.3. The number of amides is 5. The van der Waals surface area contributed by atoms with Crippen molar-refractivity contribution in [2.75, 3.05) is 13.1 Å². The number of hydrogen-bond acceptors (Lipinski definition) is 6. The fourth-order valence-corrected chi connectivity index (χ4v) is 5.51. The SMILES string of the molecule is CC(C)(C)OC(=O)N1CCC2(Cc3cc4c(cc3C2)C(=O)N(C2CCC(=O)NC2=O)C4=O)C1. The van der Waals surface area contributed by atoms with E-state index in [0.717, 1.165) is 35.3 Å². The number of piperidine rings is 1. The van der Waals surface area contributed by atoms with Crippen molar-refractivity contribution in [2.24, 2.45) is 5.41 Å². The molecule has 1 aromatic carbocycles.